The van der Waals surface area contributed by atoms with E-state index in [4.69, 9.17) is 4.84 Å². The van der Waals surface area contributed by atoms with E-state index in [1.165, 1.54) is 5.06 Å². The van der Waals surface area contributed by atoms with Crippen LogP contribution in [0.3, 0.4) is 0 Å². The number of hydrogen-bond donors (Lipinski definition) is 2. The molecule has 0 radical (unpaired) electrons. The Balaban J connectivity index is 1.92. The first-order valence-electron chi connectivity index (χ1n) is 6.76. The monoisotopic (exact) mass is 276 g/mol. The number of amides is 1. The number of hydrogen-bond acceptors (Lipinski definition) is 4. The zero-order valence-corrected chi connectivity index (χ0v) is 11.4. The third-order valence-corrected chi connectivity index (χ3v) is 3.11. The predicted octanol–water partition coefficient (Wildman–Crippen LogP) is 1.03. The summed E-state index contributed by atoms with van der Waals surface area (Å²) >= 11 is 0. The Morgan fingerprint density at radius 3 is 3.05 bits per heavy atom. The van der Waals surface area contributed by atoms with Crippen molar-refractivity contribution in [3.05, 3.63) is 42.5 Å². The lowest BCUT2D eigenvalue weighted by Gasteiger charge is -2.28. The highest BCUT2D eigenvalue weighted by Gasteiger charge is 2.25. The zero-order chi connectivity index (χ0) is 14.4. The summed E-state index contributed by atoms with van der Waals surface area (Å²) in [5, 5.41) is 14.1. The van der Waals surface area contributed by atoms with Gasteiger partial charge in [-0.3, -0.25) is 9.63 Å². The number of anilines is 1. The number of benzene rings is 1. The molecule has 1 aromatic rings. The highest BCUT2D eigenvalue weighted by atomic mass is 16.7. The molecule has 5 nitrogen and oxygen atoms in total. The molecule has 0 bridgehead atoms. The summed E-state index contributed by atoms with van der Waals surface area (Å²) in [4.78, 5) is 17.4. The molecule has 2 N–H and O–H groups in total. The van der Waals surface area contributed by atoms with Crippen molar-refractivity contribution in [3.63, 3.8) is 0 Å². The molecular weight excluding hydrogens is 256 g/mol. The van der Waals surface area contributed by atoms with E-state index >= 15 is 0 Å². The standard InChI is InChI=1S/C15H20N2O3/c1-2-9-16-10-13(18)11-20-17-14-6-4-3-5-12(14)7-8-15(17)19/h2-6,13,16,18H,1,7-11H2. The van der Waals surface area contributed by atoms with Crippen LogP contribution in [-0.2, 0) is 16.1 Å². The van der Waals surface area contributed by atoms with E-state index in [0.29, 0.717) is 19.5 Å². The largest absolute Gasteiger partial charge is 0.389 e. The normalized spacial score (nSPS) is 15.8. The fourth-order valence-electron chi connectivity index (χ4n) is 2.11. The molecule has 0 aliphatic carbocycles. The number of aliphatic hydroxyl groups excluding tert-OH is 1. The number of fused-ring (bicyclic) bond motifs is 1. The van der Waals surface area contributed by atoms with E-state index in [2.05, 4.69) is 11.9 Å². The number of nitrogens with one attached hydrogen (secondary N) is 1. The minimum Gasteiger partial charge on any atom is -0.389 e. The van der Waals surface area contributed by atoms with E-state index < -0.39 is 6.10 Å². The molecular formula is C15H20N2O3. The van der Waals surface area contributed by atoms with Crippen molar-refractivity contribution in [1.82, 2.24) is 5.32 Å². The van der Waals surface area contributed by atoms with Crippen LogP contribution in [0.5, 0.6) is 0 Å². The Morgan fingerprint density at radius 1 is 1.45 bits per heavy atom. The summed E-state index contributed by atoms with van der Waals surface area (Å²) in [5.74, 6) is -0.0741. The molecule has 20 heavy (non-hydrogen) atoms. The fraction of sp³-hybridized carbons (Fsp3) is 0.400. The van der Waals surface area contributed by atoms with Gasteiger partial charge in [0.2, 0.25) is 0 Å². The molecule has 1 atom stereocenters. The summed E-state index contributed by atoms with van der Waals surface area (Å²) in [6, 6.07) is 7.66. The molecule has 1 unspecified atom stereocenters. The Kier molecular flexibility index (Phi) is 5.29. The lowest BCUT2D eigenvalue weighted by molar-refractivity contribution is -0.127. The molecule has 1 aromatic carbocycles. The third-order valence-electron chi connectivity index (χ3n) is 3.11. The Hall–Kier alpha value is -1.69. The second kappa shape index (κ2) is 7.19. The third kappa shape index (κ3) is 3.66. The molecule has 1 heterocycles. The minimum atomic E-state index is -0.670. The van der Waals surface area contributed by atoms with Crippen molar-refractivity contribution in [3.8, 4) is 0 Å². The van der Waals surface area contributed by atoms with Crippen molar-refractivity contribution in [2.45, 2.75) is 18.9 Å². The van der Waals surface area contributed by atoms with E-state index in [9.17, 15) is 9.90 Å². The van der Waals surface area contributed by atoms with Gasteiger partial charge in [-0.1, -0.05) is 24.3 Å². The van der Waals surface area contributed by atoms with Crippen molar-refractivity contribution in [1.29, 1.82) is 0 Å². The van der Waals surface area contributed by atoms with Crippen LogP contribution < -0.4 is 10.4 Å². The number of rotatable bonds is 7. The number of aliphatic hydroxyl groups is 1. The molecule has 0 spiro atoms. The first-order chi connectivity index (χ1) is 9.72. The summed E-state index contributed by atoms with van der Waals surface area (Å²) in [5.41, 5.74) is 1.86. The quantitative estimate of drug-likeness (QED) is 0.577. The summed E-state index contributed by atoms with van der Waals surface area (Å²) in [7, 11) is 0. The Labute approximate surface area is 118 Å². The molecule has 0 saturated heterocycles. The van der Waals surface area contributed by atoms with E-state index in [1.54, 1.807) is 6.08 Å². The Bertz CT molecular complexity index is 476. The van der Waals surface area contributed by atoms with Crippen molar-refractivity contribution < 1.29 is 14.7 Å². The Morgan fingerprint density at radius 2 is 2.25 bits per heavy atom. The van der Waals surface area contributed by atoms with Gasteiger partial charge in [-0.2, -0.15) is 5.06 Å². The topological polar surface area (TPSA) is 61.8 Å². The van der Waals surface area contributed by atoms with Crippen molar-refractivity contribution >= 4 is 11.6 Å². The number of para-hydroxylation sites is 1. The molecule has 1 aliphatic heterocycles. The van der Waals surface area contributed by atoms with Crippen LogP contribution in [0.2, 0.25) is 0 Å². The average Bonchev–Trinajstić information content (AvgIpc) is 2.46. The maximum Gasteiger partial charge on any atom is 0.251 e. The summed E-state index contributed by atoms with van der Waals surface area (Å²) < 4.78 is 0. The SMILES string of the molecule is C=CCNCC(O)CON1C(=O)CCc2ccccc21. The van der Waals surface area contributed by atoms with Gasteiger partial charge < -0.3 is 10.4 Å². The van der Waals surface area contributed by atoms with Crippen LogP contribution in [0.25, 0.3) is 0 Å². The van der Waals surface area contributed by atoms with Gasteiger partial charge in [-0.25, -0.2) is 0 Å². The number of carbonyl (C=O) groups is 1. The lowest BCUT2D eigenvalue weighted by atomic mass is 10.0. The van der Waals surface area contributed by atoms with Gasteiger partial charge in [0.05, 0.1) is 11.8 Å². The minimum absolute atomic E-state index is 0.0736. The van der Waals surface area contributed by atoms with Crippen LogP contribution in [0, 0.1) is 0 Å². The van der Waals surface area contributed by atoms with Gasteiger partial charge in [0.25, 0.3) is 5.91 Å². The highest BCUT2D eigenvalue weighted by Crippen LogP contribution is 2.27. The second-order valence-corrected chi connectivity index (χ2v) is 4.71. The molecule has 0 saturated carbocycles. The molecule has 108 valence electrons. The number of aryl methyl sites for hydroxylation is 1. The number of hydroxylamine groups is 1. The first kappa shape index (κ1) is 14.7. The maximum atomic E-state index is 11.9. The van der Waals surface area contributed by atoms with Gasteiger partial charge in [0.15, 0.2) is 0 Å². The van der Waals surface area contributed by atoms with Gasteiger partial charge in [0.1, 0.15) is 6.61 Å². The van der Waals surface area contributed by atoms with Gasteiger partial charge in [-0.05, 0) is 18.1 Å². The molecule has 1 amide bonds. The lowest BCUT2D eigenvalue weighted by Crippen LogP contribution is -2.39. The van der Waals surface area contributed by atoms with Crippen LogP contribution in [0.1, 0.15) is 12.0 Å². The van der Waals surface area contributed by atoms with Gasteiger partial charge in [-0.15, -0.1) is 6.58 Å². The molecule has 5 heteroatoms. The average molecular weight is 276 g/mol. The van der Waals surface area contributed by atoms with Crippen LogP contribution in [-0.4, -0.2) is 36.8 Å². The molecule has 2 rings (SSSR count). The second-order valence-electron chi connectivity index (χ2n) is 4.71. The first-order valence-corrected chi connectivity index (χ1v) is 6.76. The van der Waals surface area contributed by atoms with Crippen LogP contribution in [0.4, 0.5) is 5.69 Å². The summed E-state index contributed by atoms with van der Waals surface area (Å²) in [6.45, 7) is 4.68. The smallest absolute Gasteiger partial charge is 0.251 e. The van der Waals surface area contributed by atoms with Crippen molar-refractivity contribution in [2.75, 3.05) is 24.8 Å². The van der Waals surface area contributed by atoms with E-state index in [0.717, 1.165) is 17.7 Å². The number of carbonyl (C=O) groups excluding carboxylic acids is 1. The predicted molar refractivity (Wildman–Crippen MR) is 77.3 cm³/mol. The zero-order valence-electron chi connectivity index (χ0n) is 11.4. The van der Waals surface area contributed by atoms with E-state index in [-0.39, 0.29) is 12.5 Å². The number of nitrogens with zero attached hydrogens (tertiary/aromatic N) is 1. The maximum absolute atomic E-state index is 11.9. The molecule has 0 fully saturated rings. The van der Waals surface area contributed by atoms with Gasteiger partial charge in [0, 0.05) is 19.5 Å². The summed E-state index contributed by atoms with van der Waals surface area (Å²) in [6.07, 6.45) is 2.22. The molecule has 0 aromatic heterocycles. The van der Waals surface area contributed by atoms with Gasteiger partial charge >= 0.3 is 0 Å². The van der Waals surface area contributed by atoms with E-state index in [1.807, 2.05) is 24.3 Å². The molecule has 1 aliphatic rings. The van der Waals surface area contributed by atoms with Crippen LogP contribution in [0.15, 0.2) is 36.9 Å². The van der Waals surface area contributed by atoms with Crippen molar-refractivity contribution in [2.24, 2.45) is 0 Å². The highest BCUT2D eigenvalue weighted by molar-refractivity contribution is 5.94. The van der Waals surface area contributed by atoms with Crippen LogP contribution >= 0.6 is 0 Å². The fourth-order valence-corrected chi connectivity index (χ4v) is 2.11.